The monoisotopic (exact) mass is 326 g/mol. The topological polar surface area (TPSA) is 89.5 Å². The molecule has 0 aromatic rings. The molecular formula is C12H22O8S. The summed E-state index contributed by atoms with van der Waals surface area (Å²) < 4.78 is 46.0. The van der Waals surface area contributed by atoms with Crippen LogP contribution in [-0.4, -0.2) is 54.7 Å². The third-order valence-electron chi connectivity index (χ3n) is 1.81. The predicted octanol–water partition coefficient (Wildman–Crippen LogP) is 0.637. The zero-order valence-electron chi connectivity index (χ0n) is 12.3. The van der Waals surface area contributed by atoms with Gasteiger partial charge in [0.1, 0.15) is 0 Å². The maximum atomic E-state index is 11.1. The molecule has 0 aliphatic heterocycles. The van der Waals surface area contributed by atoms with Gasteiger partial charge in [-0.2, -0.15) is 8.42 Å². The van der Waals surface area contributed by atoms with Gasteiger partial charge < -0.3 is 14.2 Å². The second kappa shape index (κ2) is 14.1. The summed E-state index contributed by atoms with van der Waals surface area (Å²) in [6, 6.07) is 0. The molecule has 0 unspecified atom stereocenters. The highest BCUT2D eigenvalue weighted by atomic mass is 32.3. The van der Waals surface area contributed by atoms with Crippen molar-refractivity contribution in [2.75, 3.05) is 46.2 Å². The summed E-state index contributed by atoms with van der Waals surface area (Å²) in [5.41, 5.74) is 0. The smallest absolute Gasteiger partial charge is 0.379 e. The molecule has 0 saturated heterocycles. The molecule has 124 valence electrons. The lowest BCUT2D eigenvalue weighted by Gasteiger charge is -2.06. The first kappa shape index (κ1) is 20.1. The van der Waals surface area contributed by atoms with Crippen molar-refractivity contribution in [1.29, 1.82) is 0 Å². The molecule has 9 heteroatoms. The molecule has 0 N–H and O–H groups in total. The van der Waals surface area contributed by atoms with Crippen LogP contribution in [0.1, 0.15) is 20.3 Å². The van der Waals surface area contributed by atoms with Crippen molar-refractivity contribution in [3.63, 3.8) is 0 Å². The molecule has 0 atom stereocenters. The van der Waals surface area contributed by atoms with Crippen LogP contribution in [0.3, 0.4) is 0 Å². The van der Waals surface area contributed by atoms with Crippen molar-refractivity contribution in [3.05, 3.63) is 0 Å². The normalized spacial score (nSPS) is 11.0. The van der Waals surface area contributed by atoms with Crippen LogP contribution < -0.4 is 0 Å². The van der Waals surface area contributed by atoms with Gasteiger partial charge in [0.15, 0.2) is 6.11 Å². The van der Waals surface area contributed by atoms with E-state index in [4.69, 9.17) is 14.2 Å². The predicted molar refractivity (Wildman–Crippen MR) is 73.2 cm³/mol. The fourth-order valence-electron chi connectivity index (χ4n) is 0.959. The maximum Gasteiger partial charge on any atom is 0.436 e. The number of ether oxygens (including phenoxy) is 3. The Morgan fingerprint density at radius 2 is 1.43 bits per heavy atom. The molecule has 21 heavy (non-hydrogen) atoms. The molecule has 0 aromatic carbocycles. The summed E-state index contributed by atoms with van der Waals surface area (Å²) >= 11 is 0. The maximum absolute atomic E-state index is 11.1. The summed E-state index contributed by atoms with van der Waals surface area (Å²) in [7, 11) is -4.22. The lowest BCUT2D eigenvalue weighted by Crippen LogP contribution is -2.15. The standard InChI is InChI=1S/C12H22O8S/c1-3-5-6-18-20-21(13,14)19-12-11-17-10-9-16-8-7-15-4-2/h3-4,7-12H2,1-2H3. The molecule has 0 aliphatic rings. The van der Waals surface area contributed by atoms with Gasteiger partial charge in [0.05, 0.1) is 39.6 Å². The zero-order valence-corrected chi connectivity index (χ0v) is 13.1. The average Bonchev–Trinajstić information content (AvgIpc) is 2.45. The van der Waals surface area contributed by atoms with Gasteiger partial charge in [0.2, 0.25) is 0 Å². The van der Waals surface area contributed by atoms with Gasteiger partial charge in [-0.25, -0.2) is 4.18 Å². The molecule has 0 aliphatic carbocycles. The van der Waals surface area contributed by atoms with E-state index in [0.29, 0.717) is 39.5 Å². The second-order valence-corrected chi connectivity index (χ2v) is 4.62. The Morgan fingerprint density at radius 1 is 0.857 bits per heavy atom. The summed E-state index contributed by atoms with van der Waals surface area (Å²) in [5.74, 6) is 2.46. The summed E-state index contributed by atoms with van der Waals surface area (Å²) in [6.45, 7) is 5.98. The van der Waals surface area contributed by atoms with Gasteiger partial charge in [-0.3, -0.25) is 4.89 Å². The van der Waals surface area contributed by atoms with Crippen molar-refractivity contribution in [2.45, 2.75) is 20.3 Å². The van der Waals surface area contributed by atoms with E-state index in [-0.39, 0.29) is 13.2 Å². The Labute approximate surface area is 125 Å². The van der Waals surface area contributed by atoms with Crippen LogP contribution in [0, 0.1) is 12.0 Å². The Kier molecular flexibility index (Phi) is 13.5. The molecule has 0 spiro atoms. The Hall–Kier alpha value is -0.890. The molecule has 0 bridgehead atoms. The Balaban J connectivity index is 3.40. The van der Waals surface area contributed by atoms with E-state index in [2.05, 4.69) is 19.3 Å². The molecule has 0 rings (SSSR count). The van der Waals surface area contributed by atoms with Gasteiger partial charge in [-0.15, -0.1) is 0 Å². The SMILES string of the molecule is CCC#COOS(=O)(=O)OCCOCCOCCOCC. The van der Waals surface area contributed by atoms with Crippen LogP contribution in [-0.2, 0) is 38.0 Å². The average molecular weight is 326 g/mol. The van der Waals surface area contributed by atoms with Gasteiger partial charge in [0.25, 0.3) is 0 Å². The highest BCUT2D eigenvalue weighted by Crippen LogP contribution is 1.96. The number of hydrogen-bond acceptors (Lipinski definition) is 8. The number of hydrogen-bond donors (Lipinski definition) is 0. The number of rotatable bonds is 13. The van der Waals surface area contributed by atoms with Gasteiger partial charge in [-0.1, -0.05) is 12.8 Å². The summed E-state index contributed by atoms with van der Waals surface area (Å²) in [4.78, 5) is 4.13. The summed E-state index contributed by atoms with van der Waals surface area (Å²) in [6.07, 6.45) is 2.56. The zero-order chi connectivity index (χ0) is 15.8. The minimum Gasteiger partial charge on any atom is -0.379 e. The fourth-order valence-corrected chi connectivity index (χ4v) is 1.39. The van der Waals surface area contributed by atoms with Gasteiger partial charge in [-0.05, 0) is 11.3 Å². The van der Waals surface area contributed by atoms with E-state index >= 15 is 0 Å². The minimum absolute atomic E-state index is 0.0814. The third-order valence-corrected chi connectivity index (χ3v) is 2.50. The van der Waals surface area contributed by atoms with Crippen LogP contribution in [0.15, 0.2) is 0 Å². The minimum atomic E-state index is -4.22. The highest BCUT2D eigenvalue weighted by molar-refractivity contribution is 7.81. The van der Waals surface area contributed by atoms with Gasteiger partial charge in [0, 0.05) is 13.0 Å². The van der Waals surface area contributed by atoms with E-state index in [1.165, 1.54) is 0 Å². The van der Waals surface area contributed by atoms with Crippen LogP contribution >= 0.6 is 0 Å². The van der Waals surface area contributed by atoms with Crippen LogP contribution in [0.5, 0.6) is 0 Å². The molecule has 0 amide bonds. The first-order valence-electron chi connectivity index (χ1n) is 6.58. The molecule has 0 saturated carbocycles. The van der Waals surface area contributed by atoms with E-state index in [0.717, 1.165) is 0 Å². The first-order valence-corrected chi connectivity index (χ1v) is 7.91. The Bertz CT molecular complexity index is 384. The van der Waals surface area contributed by atoms with E-state index in [9.17, 15) is 8.42 Å². The Morgan fingerprint density at radius 3 is 2.00 bits per heavy atom. The lowest BCUT2D eigenvalue weighted by atomic mass is 10.5. The molecule has 0 aromatic heterocycles. The van der Waals surface area contributed by atoms with Crippen LogP contribution in [0.4, 0.5) is 0 Å². The summed E-state index contributed by atoms with van der Waals surface area (Å²) in [5, 5.41) is 0. The van der Waals surface area contributed by atoms with E-state index < -0.39 is 10.4 Å². The molecule has 0 heterocycles. The van der Waals surface area contributed by atoms with Crippen molar-refractivity contribution < 1.29 is 36.0 Å². The van der Waals surface area contributed by atoms with Crippen LogP contribution in [0.2, 0.25) is 0 Å². The molecule has 0 radical (unpaired) electrons. The van der Waals surface area contributed by atoms with Crippen molar-refractivity contribution >= 4 is 10.4 Å². The first-order chi connectivity index (χ1) is 10.1. The lowest BCUT2D eigenvalue weighted by molar-refractivity contribution is -0.139. The quantitative estimate of drug-likeness (QED) is 0.211. The molecule has 8 nitrogen and oxygen atoms in total. The van der Waals surface area contributed by atoms with Gasteiger partial charge >= 0.3 is 10.4 Å². The van der Waals surface area contributed by atoms with Crippen molar-refractivity contribution in [2.24, 2.45) is 0 Å². The van der Waals surface area contributed by atoms with E-state index in [1.54, 1.807) is 6.92 Å². The van der Waals surface area contributed by atoms with Crippen LogP contribution in [0.25, 0.3) is 0 Å². The van der Waals surface area contributed by atoms with Crippen molar-refractivity contribution in [3.8, 4) is 12.0 Å². The van der Waals surface area contributed by atoms with E-state index in [1.807, 2.05) is 13.0 Å². The largest absolute Gasteiger partial charge is 0.436 e. The molecule has 0 fully saturated rings. The fraction of sp³-hybridized carbons (Fsp3) is 0.833. The molecular weight excluding hydrogens is 304 g/mol. The van der Waals surface area contributed by atoms with Crippen molar-refractivity contribution in [1.82, 2.24) is 0 Å². The third kappa shape index (κ3) is 15.3. The highest BCUT2D eigenvalue weighted by Gasteiger charge is 2.13. The second-order valence-electron chi connectivity index (χ2n) is 3.44.